The molecule has 1 aliphatic heterocycles. The lowest BCUT2D eigenvalue weighted by Gasteiger charge is -2.26. The summed E-state index contributed by atoms with van der Waals surface area (Å²) in [5, 5.41) is 9.83. The van der Waals surface area contributed by atoms with Crippen LogP contribution in [0.2, 0.25) is 0 Å². The van der Waals surface area contributed by atoms with Crippen LogP contribution in [0.5, 0.6) is 0 Å². The third kappa shape index (κ3) is 7.94. The van der Waals surface area contributed by atoms with Crippen molar-refractivity contribution in [1.82, 2.24) is 20.9 Å². The number of nitrogens with one attached hydrogen (secondary N) is 3. The lowest BCUT2D eigenvalue weighted by atomic mass is 10.2. The van der Waals surface area contributed by atoms with E-state index in [0.29, 0.717) is 25.1 Å². The molecule has 1 aromatic rings. The first kappa shape index (κ1) is 24.7. The van der Waals surface area contributed by atoms with Crippen molar-refractivity contribution in [2.45, 2.75) is 51.2 Å². The first-order valence-corrected chi connectivity index (χ1v) is 10.9. The number of ether oxygens (including phenoxy) is 1. The summed E-state index contributed by atoms with van der Waals surface area (Å²) >= 11 is 0. The van der Waals surface area contributed by atoms with E-state index in [1.54, 1.807) is 7.05 Å². The van der Waals surface area contributed by atoms with Gasteiger partial charge in [0.15, 0.2) is 5.96 Å². The molecule has 1 aromatic carbocycles. The first-order valence-electron chi connectivity index (χ1n) is 10.9. The number of benzene rings is 1. The topological polar surface area (TPSA) is 78.0 Å². The smallest absolute Gasteiger partial charge is 0.407 e. The number of halogens is 1. The molecule has 0 radical (unpaired) electrons. The first-order chi connectivity index (χ1) is 14.2. The average Bonchev–Trinajstić information content (AvgIpc) is 3.49. The van der Waals surface area contributed by atoms with E-state index in [0.717, 1.165) is 38.4 Å². The summed E-state index contributed by atoms with van der Waals surface area (Å²) in [5.41, 5.74) is 1.36. The fourth-order valence-electron chi connectivity index (χ4n) is 3.95. The van der Waals surface area contributed by atoms with Gasteiger partial charge in [0.05, 0.1) is 12.6 Å². The molecule has 1 aliphatic carbocycles. The Bertz CT molecular complexity index is 669. The Morgan fingerprint density at radius 2 is 2.00 bits per heavy atom. The van der Waals surface area contributed by atoms with Crippen molar-refractivity contribution < 1.29 is 9.53 Å². The molecule has 2 fully saturated rings. The normalized spacial score (nSPS) is 20.2. The summed E-state index contributed by atoms with van der Waals surface area (Å²) in [6, 6.07) is 11.2. The second kappa shape index (κ2) is 13.0. The van der Waals surface area contributed by atoms with Crippen molar-refractivity contribution in [3.63, 3.8) is 0 Å². The largest absolute Gasteiger partial charge is 0.450 e. The number of aliphatic imine (C=N–C) groups is 1. The number of nitrogens with zero attached hydrogens (tertiary/aromatic N) is 2. The van der Waals surface area contributed by atoms with Gasteiger partial charge in [-0.3, -0.25) is 9.89 Å². The van der Waals surface area contributed by atoms with Gasteiger partial charge in [-0.1, -0.05) is 30.3 Å². The number of hydrogen-bond acceptors (Lipinski definition) is 4. The van der Waals surface area contributed by atoms with Crippen LogP contribution in [0.3, 0.4) is 0 Å². The predicted molar refractivity (Wildman–Crippen MR) is 131 cm³/mol. The number of guanidine groups is 1. The molecule has 30 heavy (non-hydrogen) atoms. The van der Waals surface area contributed by atoms with E-state index in [1.165, 1.54) is 18.4 Å². The molecule has 1 saturated carbocycles. The van der Waals surface area contributed by atoms with Crippen LogP contribution in [0.25, 0.3) is 0 Å². The Hall–Kier alpha value is -1.55. The lowest BCUT2D eigenvalue weighted by molar-refractivity contribution is 0.146. The Morgan fingerprint density at radius 1 is 1.23 bits per heavy atom. The fraction of sp³-hybridized carbons (Fsp3) is 0.636. The summed E-state index contributed by atoms with van der Waals surface area (Å²) in [7, 11) is 1.79. The molecule has 0 aromatic heterocycles. The number of rotatable bonds is 9. The maximum atomic E-state index is 11.8. The standard InChI is InChI=1S/C22H35N5O2.HI/c1-3-29-22(28)26-20(18-11-12-18)15-25-21(23-2)24-14-19-10-7-13-27(19)16-17-8-5-4-6-9-17;/h4-6,8-9,18-20H,3,7,10-16H2,1-2H3,(H,26,28)(H2,23,24,25);1H. The highest BCUT2D eigenvalue weighted by Crippen LogP contribution is 2.32. The summed E-state index contributed by atoms with van der Waals surface area (Å²) in [6.45, 7) is 5.86. The van der Waals surface area contributed by atoms with Crippen LogP contribution in [0.1, 0.15) is 38.2 Å². The zero-order valence-electron chi connectivity index (χ0n) is 18.1. The minimum atomic E-state index is -0.336. The van der Waals surface area contributed by atoms with Gasteiger partial charge < -0.3 is 20.7 Å². The highest BCUT2D eigenvalue weighted by Gasteiger charge is 2.32. The second-order valence-corrected chi connectivity index (χ2v) is 7.89. The van der Waals surface area contributed by atoms with E-state index in [1.807, 2.05) is 6.92 Å². The molecule has 1 saturated heterocycles. The number of amides is 1. The van der Waals surface area contributed by atoms with Gasteiger partial charge in [-0.25, -0.2) is 4.79 Å². The molecule has 168 valence electrons. The lowest BCUT2D eigenvalue weighted by Crippen LogP contribution is -2.50. The molecular formula is C22H36IN5O2. The molecule has 2 atom stereocenters. The zero-order chi connectivity index (χ0) is 20.5. The number of alkyl carbamates (subject to hydrolysis) is 1. The molecule has 1 heterocycles. The Kier molecular flexibility index (Phi) is 10.7. The van der Waals surface area contributed by atoms with Crippen LogP contribution in [0, 0.1) is 5.92 Å². The van der Waals surface area contributed by atoms with Crippen LogP contribution >= 0.6 is 24.0 Å². The molecule has 0 bridgehead atoms. The number of carbonyl (C=O) groups is 1. The van der Waals surface area contributed by atoms with E-state index in [9.17, 15) is 4.79 Å². The third-order valence-electron chi connectivity index (χ3n) is 5.72. The number of carbonyl (C=O) groups excluding carboxylic acids is 1. The monoisotopic (exact) mass is 529 g/mol. The van der Waals surface area contributed by atoms with Gasteiger partial charge in [0, 0.05) is 32.7 Å². The number of likely N-dealkylation sites (tertiary alicyclic amines) is 1. The van der Waals surface area contributed by atoms with Crippen LogP contribution in [-0.2, 0) is 11.3 Å². The molecule has 3 N–H and O–H groups in total. The van der Waals surface area contributed by atoms with Gasteiger partial charge in [-0.05, 0) is 50.6 Å². The predicted octanol–water partition coefficient (Wildman–Crippen LogP) is 2.96. The van der Waals surface area contributed by atoms with Gasteiger partial charge in [0.25, 0.3) is 0 Å². The van der Waals surface area contributed by atoms with Crippen molar-refractivity contribution in [2.75, 3.05) is 33.3 Å². The van der Waals surface area contributed by atoms with E-state index < -0.39 is 0 Å². The maximum Gasteiger partial charge on any atom is 0.407 e. The van der Waals surface area contributed by atoms with Crippen LogP contribution in [0.4, 0.5) is 4.79 Å². The van der Waals surface area contributed by atoms with Crippen molar-refractivity contribution in [3.8, 4) is 0 Å². The van der Waals surface area contributed by atoms with Crippen molar-refractivity contribution in [2.24, 2.45) is 10.9 Å². The highest BCUT2D eigenvalue weighted by atomic mass is 127. The fourth-order valence-corrected chi connectivity index (χ4v) is 3.95. The van der Waals surface area contributed by atoms with Crippen molar-refractivity contribution in [1.29, 1.82) is 0 Å². The van der Waals surface area contributed by atoms with Crippen LogP contribution in [-0.4, -0.2) is 62.3 Å². The summed E-state index contributed by atoms with van der Waals surface area (Å²) in [6.07, 6.45) is 4.41. The van der Waals surface area contributed by atoms with Crippen molar-refractivity contribution in [3.05, 3.63) is 35.9 Å². The number of hydrogen-bond donors (Lipinski definition) is 3. The summed E-state index contributed by atoms with van der Waals surface area (Å²) in [4.78, 5) is 18.7. The van der Waals surface area contributed by atoms with Gasteiger partial charge >= 0.3 is 6.09 Å². The Labute approximate surface area is 197 Å². The highest BCUT2D eigenvalue weighted by molar-refractivity contribution is 14.0. The average molecular weight is 529 g/mol. The molecule has 8 heteroatoms. The van der Waals surface area contributed by atoms with E-state index in [4.69, 9.17) is 4.74 Å². The molecule has 0 spiro atoms. The quantitative estimate of drug-likeness (QED) is 0.261. The minimum absolute atomic E-state index is 0. The second-order valence-electron chi connectivity index (χ2n) is 7.89. The zero-order valence-corrected chi connectivity index (χ0v) is 20.4. The molecule has 3 rings (SSSR count). The Balaban J connectivity index is 0.00000320. The molecule has 2 aliphatic rings. The SMILES string of the molecule is CCOC(=O)NC(CNC(=NC)NCC1CCCN1Cc1ccccc1)C1CC1.I. The molecule has 1 amide bonds. The molecular weight excluding hydrogens is 493 g/mol. The molecule has 2 unspecified atom stereocenters. The van der Waals surface area contributed by atoms with Crippen LogP contribution in [0.15, 0.2) is 35.3 Å². The minimum Gasteiger partial charge on any atom is -0.450 e. The molecule has 7 nitrogen and oxygen atoms in total. The summed E-state index contributed by atoms with van der Waals surface area (Å²) < 4.78 is 5.03. The maximum absolute atomic E-state index is 11.8. The summed E-state index contributed by atoms with van der Waals surface area (Å²) in [5.74, 6) is 1.31. The van der Waals surface area contributed by atoms with Gasteiger partial charge in [-0.15, -0.1) is 24.0 Å². The van der Waals surface area contributed by atoms with E-state index in [2.05, 4.69) is 56.2 Å². The van der Waals surface area contributed by atoms with Gasteiger partial charge in [0.2, 0.25) is 0 Å². The van der Waals surface area contributed by atoms with Crippen molar-refractivity contribution >= 4 is 36.0 Å². The van der Waals surface area contributed by atoms with Gasteiger partial charge in [0.1, 0.15) is 0 Å². The van der Waals surface area contributed by atoms with Gasteiger partial charge in [-0.2, -0.15) is 0 Å². The van der Waals surface area contributed by atoms with Crippen LogP contribution < -0.4 is 16.0 Å². The van der Waals surface area contributed by atoms with E-state index >= 15 is 0 Å². The van der Waals surface area contributed by atoms with E-state index in [-0.39, 0.29) is 36.1 Å². The Morgan fingerprint density at radius 3 is 2.67 bits per heavy atom. The third-order valence-corrected chi connectivity index (χ3v) is 5.72.